The van der Waals surface area contributed by atoms with E-state index in [1.807, 2.05) is 66.7 Å². The van der Waals surface area contributed by atoms with Gasteiger partial charge in [-0.1, -0.05) is 42.5 Å². The van der Waals surface area contributed by atoms with E-state index in [-0.39, 0.29) is 17.5 Å². The average molecular weight is 566 g/mol. The molecule has 6 rings (SSSR count). The molecule has 0 radical (unpaired) electrons. The van der Waals surface area contributed by atoms with Gasteiger partial charge in [0.05, 0.1) is 14.2 Å². The van der Waals surface area contributed by atoms with Crippen LogP contribution in [0.3, 0.4) is 0 Å². The second kappa shape index (κ2) is 12.1. The van der Waals surface area contributed by atoms with Gasteiger partial charge >= 0.3 is 0 Å². The molecule has 1 heterocycles. The predicted molar refractivity (Wildman–Crippen MR) is 159 cm³/mol. The zero-order chi connectivity index (χ0) is 29.1. The quantitative estimate of drug-likeness (QED) is 0.315. The number of Topliss-reactive ketones (excluding diaryl/α,β-unsaturated/α-hetero) is 2. The third-order valence-corrected chi connectivity index (χ3v) is 8.17. The summed E-state index contributed by atoms with van der Waals surface area (Å²) in [5.74, 6) is 2.26. The Labute approximate surface area is 246 Å². The zero-order valence-electron chi connectivity index (χ0n) is 24.0. The van der Waals surface area contributed by atoms with Crippen LogP contribution in [0.5, 0.6) is 23.0 Å². The first-order chi connectivity index (χ1) is 20.6. The average Bonchev–Trinajstić information content (AvgIpc) is 3.02. The topological polar surface area (TPSA) is 83.1 Å². The smallest absolute Gasteiger partial charge is 0.161 e. The summed E-state index contributed by atoms with van der Waals surface area (Å²) in [5.41, 5.74) is 6.25. The number of carbonyl (C=O) groups is 2. The van der Waals surface area contributed by atoms with Crippen molar-refractivity contribution < 1.29 is 28.5 Å². The van der Waals surface area contributed by atoms with Gasteiger partial charge in [0.2, 0.25) is 0 Å². The van der Waals surface area contributed by atoms with Gasteiger partial charge in [-0.15, -0.1) is 0 Å². The molecule has 0 bridgehead atoms. The molecule has 0 spiro atoms. The summed E-state index contributed by atoms with van der Waals surface area (Å²) in [6.07, 6.45) is 4.31. The fourth-order valence-corrected chi connectivity index (χ4v) is 6.12. The molecule has 0 atom stereocenters. The standard InChI is InChI=1S/C35H35NO6/c1-39-31-18-23(14-16-29(31)41-20-22-8-4-3-5-9-22)21-42-30-17-15-24(19-32(30)40-2)33-34-25(10-6-12-27(34)37)36-26-11-7-13-28(38)35(26)33/h3-5,8-9,14-19,33,36H,6-7,10-13,20-21H2,1-2H3. The summed E-state index contributed by atoms with van der Waals surface area (Å²) in [7, 11) is 3.22. The number of allylic oxidation sites excluding steroid dienone is 4. The number of hydrogen-bond donors (Lipinski definition) is 1. The Bertz CT molecular complexity index is 1530. The molecule has 216 valence electrons. The third kappa shape index (κ3) is 5.51. The summed E-state index contributed by atoms with van der Waals surface area (Å²) in [5, 5.41) is 3.47. The maximum Gasteiger partial charge on any atom is 0.161 e. The Morgan fingerprint density at radius 2 is 1.21 bits per heavy atom. The van der Waals surface area contributed by atoms with Gasteiger partial charge in [-0.25, -0.2) is 0 Å². The lowest BCUT2D eigenvalue weighted by molar-refractivity contribution is -0.117. The van der Waals surface area contributed by atoms with E-state index in [9.17, 15) is 9.59 Å². The molecule has 0 fully saturated rings. The van der Waals surface area contributed by atoms with Gasteiger partial charge < -0.3 is 24.3 Å². The highest BCUT2D eigenvalue weighted by molar-refractivity contribution is 6.06. The van der Waals surface area contributed by atoms with Crippen LogP contribution in [0.1, 0.15) is 61.1 Å². The van der Waals surface area contributed by atoms with Crippen molar-refractivity contribution in [3.05, 3.63) is 106 Å². The molecule has 3 aliphatic rings. The van der Waals surface area contributed by atoms with Crippen molar-refractivity contribution in [3.8, 4) is 23.0 Å². The molecule has 3 aromatic carbocycles. The number of methoxy groups -OCH3 is 2. The second-order valence-electron chi connectivity index (χ2n) is 10.9. The molecule has 7 nitrogen and oxygen atoms in total. The van der Waals surface area contributed by atoms with Gasteiger partial charge in [0.1, 0.15) is 13.2 Å². The van der Waals surface area contributed by atoms with E-state index in [0.29, 0.717) is 49.1 Å². The normalized spacial score (nSPS) is 16.9. The summed E-state index contributed by atoms with van der Waals surface area (Å²) >= 11 is 0. The third-order valence-electron chi connectivity index (χ3n) is 8.17. The predicted octanol–water partition coefficient (Wildman–Crippen LogP) is 6.56. The monoisotopic (exact) mass is 565 g/mol. The number of carbonyl (C=O) groups excluding carboxylic acids is 2. The van der Waals surface area contributed by atoms with Crippen molar-refractivity contribution in [3.63, 3.8) is 0 Å². The molecular weight excluding hydrogens is 530 g/mol. The minimum absolute atomic E-state index is 0.114. The lowest BCUT2D eigenvalue weighted by Crippen LogP contribution is -2.36. The van der Waals surface area contributed by atoms with Gasteiger partial charge in [-0.2, -0.15) is 0 Å². The minimum atomic E-state index is -0.382. The molecule has 1 aliphatic heterocycles. The van der Waals surface area contributed by atoms with E-state index < -0.39 is 0 Å². The number of nitrogens with one attached hydrogen (secondary N) is 1. The number of rotatable bonds is 9. The minimum Gasteiger partial charge on any atom is -0.493 e. The van der Waals surface area contributed by atoms with Crippen molar-refractivity contribution in [1.29, 1.82) is 0 Å². The lowest BCUT2D eigenvalue weighted by Gasteiger charge is -2.37. The van der Waals surface area contributed by atoms with Gasteiger partial charge in [0.15, 0.2) is 34.6 Å². The van der Waals surface area contributed by atoms with Crippen LogP contribution in [0.4, 0.5) is 0 Å². The highest BCUT2D eigenvalue weighted by Gasteiger charge is 2.40. The van der Waals surface area contributed by atoms with Crippen LogP contribution in [-0.4, -0.2) is 25.8 Å². The fraction of sp³-hybridized carbons (Fsp3) is 0.314. The maximum atomic E-state index is 13.2. The number of hydrogen-bond acceptors (Lipinski definition) is 7. The number of dihydropyridines is 1. The van der Waals surface area contributed by atoms with Gasteiger partial charge in [-0.3, -0.25) is 9.59 Å². The van der Waals surface area contributed by atoms with E-state index >= 15 is 0 Å². The van der Waals surface area contributed by atoms with Crippen LogP contribution in [0.2, 0.25) is 0 Å². The van der Waals surface area contributed by atoms with Gasteiger partial charge in [0, 0.05) is 41.3 Å². The Kier molecular flexibility index (Phi) is 8.00. The van der Waals surface area contributed by atoms with Crippen LogP contribution in [-0.2, 0) is 22.8 Å². The fourth-order valence-electron chi connectivity index (χ4n) is 6.12. The van der Waals surface area contributed by atoms with Crippen molar-refractivity contribution >= 4 is 11.6 Å². The highest BCUT2D eigenvalue weighted by atomic mass is 16.5. The Hall–Kier alpha value is -4.52. The molecule has 0 amide bonds. The Balaban J connectivity index is 1.22. The molecule has 2 aliphatic carbocycles. The molecule has 0 unspecified atom stereocenters. The van der Waals surface area contributed by atoms with Crippen molar-refractivity contribution in [1.82, 2.24) is 5.32 Å². The molecule has 0 saturated heterocycles. The van der Waals surface area contributed by atoms with E-state index in [2.05, 4.69) is 5.32 Å². The largest absolute Gasteiger partial charge is 0.493 e. The molecule has 1 N–H and O–H groups in total. The van der Waals surface area contributed by atoms with Crippen LogP contribution < -0.4 is 24.3 Å². The maximum absolute atomic E-state index is 13.2. The summed E-state index contributed by atoms with van der Waals surface area (Å²) in [6.45, 7) is 0.738. The first-order valence-electron chi connectivity index (χ1n) is 14.5. The van der Waals surface area contributed by atoms with Crippen LogP contribution in [0.15, 0.2) is 89.3 Å². The van der Waals surface area contributed by atoms with Crippen LogP contribution in [0.25, 0.3) is 0 Å². The first-order valence-corrected chi connectivity index (χ1v) is 14.5. The van der Waals surface area contributed by atoms with Crippen LogP contribution >= 0.6 is 0 Å². The number of ether oxygens (including phenoxy) is 4. The highest BCUT2D eigenvalue weighted by Crippen LogP contribution is 2.46. The Morgan fingerprint density at radius 1 is 0.643 bits per heavy atom. The van der Waals surface area contributed by atoms with Gasteiger partial charge in [0.25, 0.3) is 0 Å². The lowest BCUT2D eigenvalue weighted by atomic mass is 9.71. The van der Waals surface area contributed by atoms with Crippen molar-refractivity contribution in [2.75, 3.05) is 14.2 Å². The molecule has 0 aromatic heterocycles. The molecule has 7 heteroatoms. The first kappa shape index (κ1) is 27.6. The van der Waals surface area contributed by atoms with E-state index in [0.717, 1.165) is 64.9 Å². The molecule has 3 aromatic rings. The molecular formula is C35H35NO6. The number of ketones is 2. The van der Waals surface area contributed by atoms with E-state index in [1.165, 1.54) is 0 Å². The number of benzene rings is 3. The molecule has 0 saturated carbocycles. The van der Waals surface area contributed by atoms with Gasteiger partial charge in [-0.05, 0) is 66.6 Å². The van der Waals surface area contributed by atoms with Crippen molar-refractivity contribution in [2.24, 2.45) is 0 Å². The van der Waals surface area contributed by atoms with E-state index in [4.69, 9.17) is 18.9 Å². The van der Waals surface area contributed by atoms with E-state index in [1.54, 1.807) is 14.2 Å². The molecule has 42 heavy (non-hydrogen) atoms. The summed E-state index contributed by atoms with van der Waals surface area (Å²) in [6, 6.07) is 21.4. The second-order valence-corrected chi connectivity index (χ2v) is 10.9. The summed E-state index contributed by atoms with van der Waals surface area (Å²) < 4.78 is 23.5. The summed E-state index contributed by atoms with van der Waals surface area (Å²) in [4.78, 5) is 26.3. The van der Waals surface area contributed by atoms with Crippen molar-refractivity contribution in [2.45, 2.75) is 57.7 Å². The van der Waals surface area contributed by atoms with Crippen LogP contribution in [0, 0.1) is 0 Å². The zero-order valence-corrected chi connectivity index (χ0v) is 24.0. The SMILES string of the molecule is COc1cc(COc2ccc(C3C4=C(CCCC4=O)NC4=C3C(=O)CCC4)cc2OC)ccc1OCc1ccccc1. The Morgan fingerprint density at radius 3 is 1.83 bits per heavy atom.